The summed E-state index contributed by atoms with van der Waals surface area (Å²) in [4.78, 5) is 12.3. The number of carbonyl (C=O) groups excluding carboxylic acids is 1. The van der Waals surface area contributed by atoms with Gasteiger partial charge in [0.05, 0.1) is 17.5 Å². The van der Waals surface area contributed by atoms with E-state index in [1.54, 1.807) is 6.92 Å². The normalized spacial score (nSPS) is 20.7. The Bertz CT molecular complexity index is 852. The van der Waals surface area contributed by atoms with Crippen LogP contribution in [-0.2, 0) is 19.6 Å². The monoisotopic (exact) mass is 379 g/mol. The number of esters is 1. The van der Waals surface area contributed by atoms with E-state index in [-0.39, 0.29) is 11.5 Å². The molecule has 0 N–H and O–H groups in total. The molecule has 0 radical (unpaired) electrons. The maximum Gasteiger partial charge on any atom is 0.324 e. The minimum absolute atomic E-state index is 0.104. The molecule has 1 fully saturated rings. The van der Waals surface area contributed by atoms with Crippen molar-refractivity contribution in [3.63, 3.8) is 0 Å². The molecule has 7 heteroatoms. The third kappa shape index (κ3) is 3.42. The van der Waals surface area contributed by atoms with Gasteiger partial charge in [-0.2, -0.15) is 4.31 Å². The number of ether oxygens (including phenoxy) is 1. The number of carbonyl (C=O) groups is 1. The predicted molar refractivity (Wildman–Crippen MR) is 94.7 cm³/mol. The van der Waals surface area contributed by atoms with Gasteiger partial charge >= 0.3 is 5.97 Å². The molecule has 0 unspecified atom stereocenters. The van der Waals surface area contributed by atoms with E-state index in [1.807, 2.05) is 30.3 Å². The molecular formula is C18H18ClNO4S. The maximum atomic E-state index is 13.1. The minimum Gasteiger partial charge on any atom is -0.465 e. The zero-order chi connectivity index (χ0) is 18.0. The zero-order valence-electron chi connectivity index (χ0n) is 13.6. The third-order valence-electron chi connectivity index (χ3n) is 4.19. The topological polar surface area (TPSA) is 63.7 Å². The number of hydrogen-bond donors (Lipinski definition) is 0. The number of nitrogens with zero attached hydrogens (tertiary/aromatic N) is 1. The van der Waals surface area contributed by atoms with Crippen LogP contribution in [0.25, 0.3) is 0 Å². The fourth-order valence-electron chi connectivity index (χ4n) is 2.96. The predicted octanol–water partition coefficient (Wildman–Crippen LogP) is 3.41. The van der Waals surface area contributed by atoms with Crippen LogP contribution in [0.2, 0.25) is 5.02 Å². The number of sulfonamides is 1. The number of hydrogen-bond acceptors (Lipinski definition) is 4. The van der Waals surface area contributed by atoms with Crippen LogP contribution < -0.4 is 0 Å². The SMILES string of the molecule is CCOC(=O)[C@@H]1C[C@H](c2ccccc2)N1S(=O)(=O)c1ccc(Cl)cc1. The summed E-state index contributed by atoms with van der Waals surface area (Å²) in [6, 6.07) is 14.0. The highest BCUT2D eigenvalue weighted by Crippen LogP contribution is 2.43. The number of halogens is 1. The molecule has 1 heterocycles. The molecule has 0 amide bonds. The van der Waals surface area contributed by atoms with Gasteiger partial charge in [0.1, 0.15) is 6.04 Å². The van der Waals surface area contributed by atoms with E-state index < -0.39 is 28.1 Å². The van der Waals surface area contributed by atoms with E-state index in [4.69, 9.17) is 16.3 Å². The van der Waals surface area contributed by atoms with Crippen LogP contribution in [0.5, 0.6) is 0 Å². The summed E-state index contributed by atoms with van der Waals surface area (Å²) in [7, 11) is -3.85. The lowest BCUT2D eigenvalue weighted by molar-refractivity contribution is -0.153. The fourth-order valence-corrected chi connectivity index (χ4v) is 4.86. The Morgan fingerprint density at radius 3 is 2.40 bits per heavy atom. The van der Waals surface area contributed by atoms with E-state index >= 15 is 0 Å². The van der Waals surface area contributed by atoms with Gasteiger partial charge in [-0.3, -0.25) is 4.79 Å². The lowest BCUT2D eigenvalue weighted by Gasteiger charge is -2.45. The minimum atomic E-state index is -3.85. The Morgan fingerprint density at radius 1 is 1.16 bits per heavy atom. The van der Waals surface area contributed by atoms with Crippen molar-refractivity contribution in [1.29, 1.82) is 0 Å². The van der Waals surface area contributed by atoms with Crippen LogP contribution in [0.3, 0.4) is 0 Å². The molecule has 0 bridgehead atoms. The molecule has 1 aliphatic rings. The second-order valence-corrected chi connectivity index (χ2v) is 8.00. The van der Waals surface area contributed by atoms with Gasteiger partial charge in [-0.15, -0.1) is 0 Å². The average molecular weight is 380 g/mol. The van der Waals surface area contributed by atoms with Crippen LogP contribution in [0.4, 0.5) is 0 Å². The van der Waals surface area contributed by atoms with Crippen molar-refractivity contribution in [2.45, 2.75) is 30.3 Å². The van der Waals surface area contributed by atoms with E-state index in [0.717, 1.165) is 5.56 Å². The van der Waals surface area contributed by atoms with E-state index in [0.29, 0.717) is 11.4 Å². The number of benzene rings is 2. The maximum absolute atomic E-state index is 13.1. The van der Waals surface area contributed by atoms with Gasteiger partial charge in [0.15, 0.2) is 0 Å². The molecule has 2 aromatic rings. The van der Waals surface area contributed by atoms with Crippen molar-refractivity contribution < 1.29 is 17.9 Å². The third-order valence-corrected chi connectivity index (χ3v) is 6.38. The Kier molecular flexibility index (Phi) is 5.13. The summed E-state index contributed by atoms with van der Waals surface area (Å²) in [5.41, 5.74) is 0.848. The molecule has 0 spiro atoms. The average Bonchev–Trinajstić information content (AvgIpc) is 2.55. The molecule has 0 saturated carbocycles. The van der Waals surface area contributed by atoms with E-state index in [9.17, 15) is 13.2 Å². The molecule has 2 atom stereocenters. The fraction of sp³-hybridized carbons (Fsp3) is 0.278. The standard InChI is InChI=1S/C18H18ClNO4S/c1-2-24-18(21)17-12-16(13-6-4-3-5-7-13)20(17)25(22,23)15-10-8-14(19)9-11-15/h3-11,16-17H,2,12H2,1H3/t16-,17+/m1/s1. The quantitative estimate of drug-likeness (QED) is 0.747. The lowest BCUT2D eigenvalue weighted by atomic mass is 9.91. The van der Waals surface area contributed by atoms with Crippen molar-refractivity contribution >= 4 is 27.6 Å². The van der Waals surface area contributed by atoms with Gasteiger partial charge in [-0.25, -0.2) is 8.42 Å². The van der Waals surface area contributed by atoms with Gasteiger partial charge in [0.25, 0.3) is 0 Å². The first-order chi connectivity index (χ1) is 11.9. The van der Waals surface area contributed by atoms with Gasteiger partial charge in [-0.1, -0.05) is 41.9 Å². The molecule has 1 saturated heterocycles. The smallest absolute Gasteiger partial charge is 0.324 e. The molecule has 25 heavy (non-hydrogen) atoms. The van der Waals surface area contributed by atoms with E-state index in [1.165, 1.54) is 28.6 Å². The van der Waals surface area contributed by atoms with Gasteiger partial charge in [0.2, 0.25) is 10.0 Å². The first-order valence-corrected chi connectivity index (χ1v) is 9.77. The first-order valence-electron chi connectivity index (χ1n) is 7.96. The summed E-state index contributed by atoms with van der Waals surface area (Å²) >= 11 is 5.85. The Labute approximate surface area is 152 Å². The van der Waals surface area contributed by atoms with Crippen molar-refractivity contribution in [1.82, 2.24) is 4.31 Å². The molecule has 132 valence electrons. The largest absolute Gasteiger partial charge is 0.465 e. The van der Waals surface area contributed by atoms with Crippen LogP contribution in [0, 0.1) is 0 Å². The molecular weight excluding hydrogens is 362 g/mol. The van der Waals surface area contributed by atoms with Crippen LogP contribution in [0.15, 0.2) is 59.5 Å². The Morgan fingerprint density at radius 2 is 1.80 bits per heavy atom. The number of rotatable bonds is 5. The second-order valence-electron chi connectivity index (χ2n) is 5.72. The molecule has 3 rings (SSSR count). The molecule has 5 nitrogen and oxygen atoms in total. The highest BCUT2D eigenvalue weighted by Gasteiger charge is 2.51. The molecule has 0 aromatic heterocycles. The summed E-state index contributed by atoms with van der Waals surface area (Å²) < 4.78 is 32.5. The van der Waals surface area contributed by atoms with Crippen LogP contribution in [-0.4, -0.2) is 31.3 Å². The van der Waals surface area contributed by atoms with Crippen molar-refractivity contribution in [2.75, 3.05) is 6.61 Å². The summed E-state index contributed by atoms with van der Waals surface area (Å²) in [5, 5.41) is 0.448. The molecule has 0 aliphatic carbocycles. The Balaban J connectivity index is 1.98. The zero-order valence-corrected chi connectivity index (χ0v) is 15.2. The van der Waals surface area contributed by atoms with Crippen LogP contribution >= 0.6 is 11.6 Å². The van der Waals surface area contributed by atoms with E-state index in [2.05, 4.69) is 0 Å². The second kappa shape index (κ2) is 7.15. The van der Waals surface area contributed by atoms with Gasteiger partial charge in [0, 0.05) is 5.02 Å². The summed E-state index contributed by atoms with van der Waals surface area (Å²) in [6.45, 7) is 1.91. The highest BCUT2D eigenvalue weighted by molar-refractivity contribution is 7.89. The Hall–Kier alpha value is -1.89. The van der Waals surface area contributed by atoms with Crippen LogP contribution in [0.1, 0.15) is 24.9 Å². The van der Waals surface area contributed by atoms with Gasteiger partial charge < -0.3 is 4.74 Å². The van der Waals surface area contributed by atoms with Gasteiger partial charge in [-0.05, 0) is 43.2 Å². The summed E-state index contributed by atoms with van der Waals surface area (Å²) in [5.74, 6) is -0.521. The lowest BCUT2D eigenvalue weighted by Crippen LogP contribution is -2.57. The van der Waals surface area contributed by atoms with Crippen molar-refractivity contribution in [2.24, 2.45) is 0 Å². The van der Waals surface area contributed by atoms with Crippen molar-refractivity contribution in [3.05, 3.63) is 65.2 Å². The molecule has 1 aliphatic heterocycles. The van der Waals surface area contributed by atoms with Crippen molar-refractivity contribution in [3.8, 4) is 0 Å². The highest BCUT2D eigenvalue weighted by atomic mass is 35.5. The molecule has 2 aromatic carbocycles. The first kappa shape index (κ1) is 17.9. The summed E-state index contributed by atoms with van der Waals surface area (Å²) in [6.07, 6.45) is 0.398.